The Labute approximate surface area is 202 Å². The first-order valence-electron chi connectivity index (χ1n) is 15.9. The molecule has 0 aliphatic carbocycles. The molecule has 1 heterocycles. The zero-order valence-electron chi connectivity index (χ0n) is 29.7. The lowest BCUT2D eigenvalue weighted by Gasteiger charge is -2.37. The van der Waals surface area contributed by atoms with Crippen LogP contribution >= 0.6 is 0 Å². The van der Waals surface area contributed by atoms with Crippen LogP contribution < -0.4 is 10.1 Å². The van der Waals surface area contributed by atoms with Gasteiger partial charge in [-0.25, -0.2) is 9.18 Å². The Hall–Kier alpha value is -2.60. The van der Waals surface area contributed by atoms with Gasteiger partial charge in [-0.05, 0) is 74.1 Å². The molecule has 2 aromatic carbocycles. The second kappa shape index (κ2) is 11.1. The Morgan fingerprint density at radius 3 is 2.52 bits per heavy atom. The van der Waals surface area contributed by atoms with Crippen molar-refractivity contribution in [3.63, 3.8) is 0 Å². The van der Waals surface area contributed by atoms with Gasteiger partial charge < -0.3 is 19.9 Å². The van der Waals surface area contributed by atoms with Crippen molar-refractivity contribution in [1.29, 1.82) is 0 Å². The average Bonchev–Trinajstić information content (AvgIpc) is 2.88. The Kier molecular flexibility index (Phi) is 4.26. The topological polar surface area (TPSA) is 44.8 Å². The average molecular weight is 440 g/mol. The zero-order valence-corrected chi connectivity index (χ0v) is 17.7. The summed E-state index contributed by atoms with van der Waals surface area (Å²) < 4.78 is 118. The van der Waals surface area contributed by atoms with Crippen LogP contribution in [0.3, 0.4) is 0 Å². The van der Waals surface area contributed by atoms with E-state index in [1.807, 2.05) is 0 Å². The smallest absolute Gasteiger partial charge is 0.318 e. The van der Waals surface area contributed by atoms with Crippen molar-refractivity contribution in [3.05, 3.63) is 65.4 Å². The van der Waals surface area contributed by atoms with Crippen LogP contribution in [0.2, 0.25) is 0 Å². The summed E-state index contributed by atoms with van der Waals surface area (Å²) in [5, 5.41) is 2.18. The number of nitrogens with one attached hydrogen (secondary N) is 1. The first-order valence-corrected chi connectivity index (χ1v) is 9.89. The fourth-order valence-electron chi connectivity index (χ4n) is 2.76. The number of hydrogen-bond donors (Lipinski definition) is 1. The molecule has 0 saturated carbocycles. The van der Waals surface area contributed by atoms with Gasteiger partial charge in [-0.3, -0.25) is 0 Å². The fraction of sp³-hybridized carbons (Fsp3) is 0.480. The predicted molar refractivity (Wildman–Crippen MR) is 121 cm³/mol. The molecular formula is C25H34FN3O2. The lowest BCUT2D eigenvalue weighted by atomic mass is 10.0. The number of amides is 2. The minimum Gasteiger partial charge on any atom is -0.493 e. The third kappa shape index (κ3) is 7.24. The van der Waals surface area contributed by atoms with Gasteiger partial charge in [-0.1, -0.05) is 38.1 Å². The van der Waals surface area contributed by atoms with Gasteiger partial charge in [0.25, 0.3) is 0 Å². The molecular weight excluding hydrogens is 393 g/mol. The van der Waals surface area contributed by atoms with Crippen LogP contribution in [0, 0.1) is 11.7 Å². The molecule has 0 aromatic heterocycles. The number of likely N-dealkylation sites (tertiary alicyclic amines) is 1. The molecule has 5 nitrogen and oxygen atoms in total. The van der Waals surface area contributed by atoms with E-state index in [1.165, 1.54) is 31.3 Å². The summed E-state index contributed by atoms with van der Waals surface area (Å²) in [5.74, 6) is -1.76. The van der Waals surface area contributed by atoms with Crippen LogP contribution in [0.25, 0.3) is 0 Å². The van der Waals surface area contributed by atoms with Crippen LogP contribution in [-0.2, 0) is 13.0 Å². The standard InChI is InChI=1S/C25H34FN3O2/c1-19(2)18-31-24-10-6-20(7-11-24)16-27-25(30)29(23-12-14-28(3)15-13-23)17-21-4-8-22(26)9-5-21/h4-11,19,23H,12-18H2,1-3H3,(H,27,30)/i4D,5D,8D,9D,14D2,15D2,16D2,18D2. The summed E-state index contributed by atoms with van der Waals surface area (Å²) in [6, 6.07) is -0.750. The van der Waals surface area contributed by atoms with Gasteiger partial charge in [-0.2, -0.15) is 0 Å². The van der Waals surface area contributed by atoms with E-state index >= 15 is 0 Å². The molecule has 6 heteroatoms. The first-order chi connectivity index (χ1) is 19.5. The summed E-state index contributed by atoms with van der Waals surface area (Å²) in [7, 11) is 1.24. The van der Waals surface area contributed by atoms with Crippen molar-refractivity contribution < 1.29 is 30.4 Å². The summed E-state index contributed by atoms with van der Waals surface area (Å²) in [4.78, 5) is 15.4. The molecule has 2 aromatic rings. The quantitative estimate of drug-likeness (QED) is 0.650. The molecule has 31 heavy (non-hydrogen) atoms. The molecule has 1 fully saturated rings. The molecule has 1 aliphatic heterocycles. The van der Waals surface area contributed by atoms with Crippen LogP contribution in [0.1, 0.15) is 54.3 Å². The summed E-state index contributed by atoms with van der Waals surface area (Å²) in [5.41, 5.74) is -0.480. The van der Waals surface area contributed by atoms with Gasteiger partial charge in [0.2, 0.25) is 0 Å². The largest absolute Gasteiger partial charge is 0.493 e. The van der Waals surface area contributed by atoms with Crippen LogP contribution in [0.15, 0.2) is 48.4 Å². The van der Waals surface area contributed by atoms with Crippen LogP contribution in [0.4, 0.5) is 9.18 Å². The number of rotatable bonds is 8. The molecule has 0 radical (unpaired) electrons. The highest BCUT2D eigenvalue weighted by molar-refractivity contribution is 5.74. The van der Waals surface area contributed by atoms with Crippen molar-refractivity contribution in [1.82, 2.24) is 15.1 Å². The van der Waals surface area contributed by atoms with E-state index < -0.39 is 99.0 Å². The molecule has 0 atom stereocenters. The molecule has 2 amide bonds. The van der Waals surface area contributed by atoms with E-state index in [0.717, 1.165) is 9.80 Å². The maximum absolute atomic E-state index is 14.2. The lowest BCUT2D eigenvalue weighted by molar-refractivity contribution is 0.127. The minimum atomic E-state index is -2.58. The van der Waals surface area contributed by atoms with Crippen molar-refractivity contribution in [2.75, 3.05) is 26.6 Å². The first kappa shape index (κ1) is 11.9. The molecule has 3 rings (SSSR count). The number of ether oxygens (including phenoxy) is 1. The zero-order chi connectivity index (χ0) is 32.9. The number of hydrogen-bond acceptors (Lipinski definition) is 3. The third-order valence-electron chi connectivity index (χ3n) is 4.39. The van der Waals surface area contributed by atoms with Crippen LogP contribution in [0.5, 0.6) is 5.75 Å². The SMILES string of the molecule is [2H]c1c([2H])c(CN(C(=O)NC([2H])([2H])c2ccc(OC([2H])([2H])C(C)C)cc2)C2CC([2H])([2H])N(C)C([2H])([2H])C2)c([2H])c([2H])c1F. The fourth-order valence-corrected chi connectivity index (χ4v) is 2.76. The number of nitrogens with zero attached hydrogens (tertiary/aromatic N) is 2. The molecule has 0 bridgehead atoms. The van der Waals surface area contributed by atoms with E-state index in [1.54, 1.807) is 13.8 Å². The Balaban J connectivity index is 1.99. The van der Waals surface area contributed by atoms with E-state index in [-0.39, 0.29) is 11.3 Å². The minimum absolute atomic E-state index is 0.0710. The van der Waals surface area contributed by atoms with E-state index in [0.29, 0.717) is 0 Å². The molecule has 0 unspecified atom stereocenters. The maximum Gasteiger partial charge on any atom is 0.318 e. The Bertz CT molecular complexity index is 1310. The monoisotopic (exact) mass is 439 g/mol. The normalized spacial score (nSPS) is 24.9. The maximum atomic E-state index is 14.2. The summed E-state index contributed by atoms with van der Waals surface area (Å²) in [6.45, 7) is -6.57. The van der Waals surface area contributed by atoms with Crippen LogP contribution in [-0.4, -0.2) is 48.5 Å². The molecule has 168 valence electrons. The molecule has 0 spiro atoms. The number of carbonyl (C=O) groups is 1. The van der Waals surface area contributed by atoms with Crippen molar-refractivity contribution in [2.24, 2.45) is 5.92 Å². The lowest BCUT2D eigenvalue weighted by Crippen LogP contribution is -2.49. The number of carbonyl (C=O) groups excluding carboxylic acids is 1. The highest BCUT2D eigenvalue weighted by Gasteiger charge is 2.27. The van der Waals surface area contributed by atoms with Gasteiger partial charge in [0.1, 0.15) is 11.6 Å². The second-order valence-electron chi connectivity index (χ2n) is 7.31. The summed E-state index contributed by atoms with van der Waals surface area (Å²) in [6.07, 6.45) is -0.876. The highest BCUT2D eigenvalue weighted by Crippen LogP contribution is 2.19. The Morgan fingerprint density at radius 2 is 1.90 bits per heavy atom. The van der Waals surface area contributed by atoms with Gasteiger partial charge in [0.05, 0.1) is 17.5 Å². The number of piperidine rings is 1. The Morgan fingerprint density at radius 1 is 1.26 bits per heavy atom. The predicted octanol–water partition coefficient (Wildman–Crippen LogP) is 4.67. The molecule has 1 N–H and O–H groups in total. The van der Waals surface area contributed by atoms with Crippen molar-refractivity contribution >= 4 is 6.03 Å². The number of halogens is 1. The van der Waals surface area contributed by atoms with Crippen molar-refractivity contribution in [3.8, 4) is 5.75 Å². The van der Waals surface area contributed by atoms with E-state index in [2.05, 4.69) is 5.32 Å². The van der Waals surface area contributed by atoms with Gasteiger partial charge >= 0.3 is 6.03 Å². The van der Waals surface area contributed by atoms with Gasteiger partial charge in [0, 0.05) is 24.6 Å². The number of benzene rings is 2. The highest BCUT2D eigenvalue weighted by atomic mass is 19.1. The van der Waals surface area contributed by atoms with Gasteiger partial charge in [0.15, 0.2) is 0 Å². The third-order valence-corrected chi connectivity index (χ3v) is 4.39. The van der Waals surface area contributed by atoms with Gasteiger partial charge in [-0.15, -0.1) is 0 Å². The summed E-state index contributed by atoms with van der Waals surface area (Å²) >= 11 is 0. The second-order valence-corrected chi connectivity index (χ2v) is 7.31. The number of urea groups is 1. The molecule has 1 aliphatic rings. The molecule has 1 saturated heterocycles. The van der Waals surface area contributed by atoms with Crippen molar-refractivity contribution in [2.45, 2.75) is 45.8 Å². The van der Waals surface area contributed by atoms with E-state index in [9.17, 15) is 9.18 Å². The van der Waals surface area contributed by atoms with E-state index in [4.69, 9.17) is 21.2 Å².